The summed E-state index contributed by atoms with van der Waals surface area (Å²) in [5.74, 6) is -0.222. The second-order valence-corrected chi connectivity index (χ2v) is 7.20. The number of rotatable bonds is 13. The summed E-state index contributed by atoms with van der Waals surface area (Å²) in [7, 11) is 0. The van der Waals surface area contributed by atoms with Crippen molar-refractivity contribution >= 4 is 23.4 Å². The minimum Gasteiger partial charge on any atom is -0.466 e. The summed E-state index contributed by atoms with van der Waals surface area (Å²) in [6.45, 7) is 4.32. The van der Waals surface area contributed by atoms with Crippen LogP contribution in [0.3, 0.4) is 0 Å². The van der Waals surface area contributed by atoms with E-state index in [1.807, 2.05) is 12.2 Å². The molecule has 1 heterocycles. The van der Waals surface area contributed by atoms with E-state index in [2.05, 4.69) is 11.9 Å². The van der Waals surface area contributed by atoms with Gasteiger partial charge in [0.15, 0.2) is 0 Å². The molecule has 0 aliphatic carbocycles. The van der Waals surface area contributed by atoms with Crippen LogP contribution >= 0.6 is 11.3 Å². The summed E-state index contributed by atoms with van der Waals surface area (Å²) in [6, 6.07) is 0. The quantitative estimate of drug-likeness (QED) is 0.401. The van der Waals surface area contributed by atoms with E-state index in [9.17, 15) is 15.0 Å². The third-order valence-electron chi connectivity index (χ3n) is 3.84. The number of ether oxygens (including phenoxy) is 1. The van der Waals surface area contributed by atoms with Crippen LogP contribution in [-0.2, 0) is 9.53 Å². The van der Waals surface area contributed by atoms with Gasteiger partial charge in [-0.05, 0) is 38.7 Å². The highest BCUT2D eigenvalue weighted by molar-refractivity contribution is 7.12. The van der Waals surface area contributed by atoms with Gasteiger partial charge >= 0.3 is 5.97 Å². The second-order valence-electron chi connectivity index (χ2n) is 6.10. The molecule has 0 bridgehead atoms. The van der Waals surface area contributed by atoms with E-state index in [-0.39, 0.29) is 12.1 Å². The highest BCUT2D eigenvalue weighted by Gasteiger charge is 2.12. The van der Waals surface area contributed by atoms with Crippen LogP contribution in [0.5, 0.6) is 0 Å². The van der Waals surface area contributed by atoms with Crippen molar-refractivity contribution in [1.29, 1.82) is 0 Å². The van der Waals surface area contributed by atoms with Crippen LogP contribution in [0.25, 0.3) is 6.08 Å². The monoisotopic (exact) mass is 369 g/mol. The van der Waals surface area contributed by atoms with Crippen molar-refractivity contribution in [2.75, 3.05) is 6.61 Å². The van der Waals surface area contributed by atoms with Crippen LogP contribution in [0.1, 0.15) is 81.2 Å². The molecule has 0 aliphatic heterocycles. The predicted octanol–water partition coefficient (Wildman–Crippen LogP) is 4.25. The Balaban J connectivity index is 2.32. The molecule has 6 heteroatoms. The number of esters is 1. The van der Waals surface area contributed by atoms with Crippen molar-refractivity contribution in [3.05, 3.63) is 22.2 Å². The Morgan fingerprint density at radius 2 is 2.08 bits per heavy atom. The predicted molar refractivity (Wildman–Crippen MR) is 101 cm³/mol. The lowest BCUT2D eigenvalue weighted by atomic mass is 10.1. The molecule has 0 fully saturated rings. The maximum Gasteiger partial charge on any atom is 0.305 e. The van der Waals surface area contributed by atoms with E-state index < -0.39 is 6.10 Å². The zero-order chi connectivity index (χ0) is 18.5. The van der Waals surface area contributed by atoms with Gasteiger partial charge in [-0.2, -0.15) is 0 Å². The number of aliphatic hydroxyl groups is 2. The molecule has 1 aromatic rings. The van der Waals surface area contributed by atoms with Gasteiger partial charge in [0.1, 0.15) is 5.01 Å². The number of aliphatic hydroxyl groups excluding tert-OH is 2. The smallest absolute Gasteiger partial charge is 0.305 e. The van der Waals surface area contributed by atoms with Crippen molar-refractivity contribution in [2.45, 2.75) is 77.4 Å². The fourth-order valence-electron chi connectivity index (χ4n) is 2.42. The first kappa shape index (κ1) is 21.8. The van der Waals surface area contributed by atoms with Gasteiger partial charge in [-0.1, -0.05) is 32.3 Å². The summed E-state index contributed by atoms with van der Waals surface area (Å²) in [6.07, 6.45) is 10.9. The minimum absolute atomic E-state index is 0.222. The van der Waals surface area contributed by atoms with E-state index in [4.69, 9.17) is 4.74 Å². The molecule has 1 rings (SSSR count). The maximum absolute atomic E-state index is 11.3. The first-order valence-corrected chi connectivity index (χ1v) is 10.0. The summed E-state index contributed by atoms with van der Waals surface area (Å²) >= 11 is 1.44. The Hall–Kier alpha value is -1.24. The van der Waals surface area contributed by atoms with E-state index in [1.54, 1.807) is 13.1 Å². The summed E-state index contributed by atoms with van der Waals surface area (Å²) < 4.78 is 4.87. The van der Waals surface area contributed by atoms with E-state index in [1.165, 1.54) is 11.3 Å². The molecular weight excluding hydrogens is 338 g/mol. The number of aromatic nitrogens is 1. The molecule has 5 nitrogen and oxygen atoms in total. The third-order valence-corrected chi connectivity index (χ3v) is 4.91. The Kier molecular flexibility index (Phi) is 11.4. The fourth-order valence-corrected chi connectivity index (χ4v) is 3.29. The van der Waals surface area contributed by atoms with Gasteiger partial charge in [0.05, 0.1) is 23.7 Å². The van der Waals surface area contributed by atoms with Gasteiger partial charge in [-0.25, -0.2) is 4.98 Å². The van der Waals surface area contributed by atoms with Gasteiger partial charge in [0.2, 0.25) is 0 Å². The molecule has 1 aromatic heterocycles. The molecule has 0 radical (unpaired) electrons. The zero-order valence-corrected chi connectivity index (χ0v) is 16.1. The highest BCUT2D eigenvalue weighted by Crippen LogP contribution is 2.26. The Labute approximate surface area is 154 Å². The standard InChI is InChI=1S/C19H31NO4S/c1-3-5-6-9-15(21)10-7-12-18-20-14-17(25-18)16(22)11-8-13-19(23)24-4-2/h7,12,14-16,21-22H,3-6,8-11,13H2,1-2H3/b12-7+. The van der Waals surface area contributed by atoms with Crippen LogP contribution in [0, 0.1) is 0 Å². The third kappa shape index (κ3) is 9.72. The summed E-state index contributed by atoms with van der Waals surface area (Å²) in [5, 5.41) is 20.9. The Bertz CT molecular complexity index is 515. The first-order valence-electron chi connectivity index (χ1n) is 9.20. The van der Waals surface area contributed by atoms with Crippen molar-refractivity contribution in [1.82, 2.24) is 4.98 Å². The normalized spacial score (nSPS) is 13.9. The number of hydrogen-bond acceptors (Lipinski definition) is 6. The minimum atomic E-state index is -0.603. The molecule has 2 unspecified atom stereocenters. The molecule has 25 heavy (non-hydrogen) atoms. The zero-order valence-electron chi connectivity index (χ0n) is 15.3. The van der Waals surface area contributed by atoms with Crippen molar-refractivity contribution in [3.63, 3.8) is 0 Å². The molecule has 0 amide bonds. The number of hydrogen-bond donors (Lipinski definition) is 2. The maximum atomic E-state index is 11.3. The van der Waals surface area contributed by atoms with Gasteiger partial charge in [0, 0.05) is 12.6 Å². The van der Waals surface area contributed by atoms with E-state index in [0.717, 1.165) is 35.6 Å². The first-order chi connectivity index (χ1) is 12.1. The summed E-state index contributed by atoms with van der Waals surface area (Å²) in [4.78, 5) is 16.4. The van der Waals surface area contributed by atoms with Crippen molar-refractivity contribution in [3.8, 4) is 0 Å². The Morgan fingerprint density at radius 3 is 2.80 bits per heavy atom. The summed E-state index contributed by atoms with van der Waals surface area (Å²) in [5.41, 5.74) is 0. The van der Waals surface area contributed by atoms with Crippen LogP contribution < -0.4 is 0 Å². The SMILES string of the molecule is CCCCCC(O)C/C=C/c1ncc(C(O)CCCC(=O)OCC)s1. The number of carbonyl (C=O) groups excluding carboxylic acids is 1. The molecule has 2 atom stereocenters. The lowest BCUT2D eigenvalue weighted by Gasteiger charge is -2.07. The number of nitrogens with zero attached hydrogens (tertiary/aromatic N) is 1. The number of unbranched alkanes of at least 4 members (excludes halogenated alkanes) is 2. The second kappa shape index (κ2) is 13.0. The van der Waals surface area contributed by atoms with Gasteiger partial charge in [-0.15, -0.1) is 11.3 Å². The topological polar surface area (TPSA) is 79.7 Å². The van der Waals surface area contributed by atoms with Gasteiger partial charge < -0.3 is 14.9 Å². The van der Waals surface area contributed by atoms with Crippen molar-refractivity contribution in [2.24, 2.45) is 0 Å². The lowest BCUT2D eigenvalue weighted by molar-refractivity contribution is -0.143. The average Bonchev–Trinajstić information content (AvgIpc) is 3.04. The molecule has 0 saturated heterocycles. The number of thiazole rings is 1. The van der Waals surface area contributed by atoms with E-state index >= 15 is 0 Å². The highest BCUT2D eigenvalue weighted by atomic mass is 32.1. The molecule has 2 N–H and O–H groups in total. The molecule has 0 aliphatic rings. The van der Waals surface area contributed by atoms with Crippen LogP contribution in [0.15, 0.2) is 12.3 Å². The van der Waals surface area contributed by atoms with Crippen LogP contribution in [0.2, 0.25) is 0 Å². The number of carbonyl (C=O) groups is 1. The van der Waals surface area contributed by atoms with Crippen LogP contribution in [0.4, 0.5) is 0 Å². The van der Waals surface area contributed by atoms with Gasteiger partial charge in [-0.3, -0.25) is 4.79 Å². The fraction of sp³-hybridized carbons (Fsp3) is 0.684. The molecule has 142 valence electrons. The van der Waals surface area contributed by atoms with Crippen LogP contribution in [-0.4, -0.2) is 33.9 Å². The lowest BCUT2D eigenvalue weighted by Crippen LogP contribution is -2.04. The average molecular weight is 370 g/mol. The largest absolute Gasteiger partial charge is 0.466 e. The van der Waals surface area contributed by atoms with Crippen molar-refractivity contribution < 1.29 is 19.7 Å². The van der Waals surface area contributed by atoms with E-state index in [0.29, 0.717) is 32.3 Å². The molecule has 0 spiro atoms. The Morgan fingerprint density at radius 1 is 1.28 bits per heavy atom. The molecular formula is C19H31NO4S. The van der Waals surface area contributed by atoms with Gasteiger partial charge in [0.25, 0.3) is 0 Å². The molecule has 0 aromatic carbocycles. The molecule has 0 saturated carbocycles.